The number of rotatable bonds is 9. The zero-order valence-corrected chi connectivity index (χ0v) is 15.3. The van der Waals surface area contributed by atoms with Gasteiger partial charge in [-0.1, -0.05) is 26.0 Å². The van der Waals surface area contributed by atoms with Crippen molar-refractivity contribution in [2.45, 2.75) is 65.7 Å². The van der Waals surface area contributed by atoms with E-state index in [4.69, 9.17) is 0 Å². The van der Waals surface area contributed by atoms with Crippen LogP contribution in [0.2, 0.25) is 0 Å². The molecule has 4 heteroatoms. The van der Waals surface area contributed by atoms with Crippen LogP contribution in [0.3, 0.4) is 0 Å². The van der Waals surface area contributed by atoms with Gasteiger partial charge < -0.3 is 5.32 Å². The van der Waals surface area contributed by atoms with Crippen LogP contribution in [0.5, 0.6) is 0 Å². The number of carbonyl (C=O) groups is 2. The van der Waals surface area contributed by atoms with Crippen LogP contribution in [0.1, 0.15) is 54.9 Å². The smallest absolute Gasteiger partial charge is 0.224 e. The first-order chi connectivity index (χ1) is 9.61. The zero-order chi connectivity index (χ0) is 16.6. The highest BCUT2D eigenvalue weighted by molar-refractivity contribution is 8.00. The molecule has 0 saturated carbocycles. The van der Waals surface area contributed by atoms with Gasteiger partial charge in [0.05, 0.1) is 0 Å². The van der Waals surface area contributed by atoms with Crippen molar-refractivity contribution in [1.29, 1.82) is 0 Å². The molecule has 0 aliphatic rings. The zero-order valence-electron chi connectivity index (χ0n) is 14.5. The van der Waals surface area contributed by atoms with E-state index in [1.165, 1.54) is 0 Å². The number of carbonyl (C=O) groups excluding carboxylic acids is 2. The van der Waals surface area contributed by atoms with Crippen LogP contribution < -0.4 is 5.32 Å². The summed E-state index contributed by atoms with van der Waals surface area (Å²) in [6.45, 7) is 13.9. The molecule has 0 aromatic carbocycles. The molecule has 0 heterocycles. The minimum Gasteiger partial charge on any atom is -0.354 e. The van der Waals surface area contributed by atoms with Gasteiger partial charge in [0.1, 0.15) is 5.78 Å². The Balaban J connectivity index is 4.35. The van der Waals surface area contributed by atoms with Crippen molar-refractivity contribution in [3.63, 3.8) is 0 Å². The Morgan fingerprint density at radius 3 is 2.24 bits per heavy atom. The number of allylic oxidation sites excluding steroid dienone is 2. The molecule has 122 valence electrons. The minimum atomic E-state index is -0.177. The molecule has 0 fully saturated rings. The van der Waals surface area contributed by atoms with Crippen molar-refractivity contribution in [3.8, 4) is 0 Å². The Morgan fingerprint density at radius 1 is 1.19 bits per heavy atom. The highest BCUT2D eigenvalue weighted by atomic mass is 32.2. The van der Waals surface area contributed by atoms with E-state index < -0.39 is 0 Å². The van der Waals surface area contributed by atoms with Gasteiger partial charge >= 0.3 is 0 Å². The predicted molar refractivity (Wildman–Crippen MR) is 92.6 cm³/mol. The molecule has 0 rings (SSSR count). The fourth-order valence-electron chi connectivity index (χ4n) is 1.89. The molecule has 0 aliphatic carbocycles. The van der Waals surface area contributed by atoms with Crippen LogP contribution >= 0.6 is 11.8 Å². The topological polar surface area (TPSA) is 46.2 Å². The summed E-state index contributed by atoms with van der Waals surface area (Å²) >= 11 is 1.70. The number of hydrogen-bond donors (Lipinski definition) is 1. The first-order valence-electron chi connectivity index (χ1n) is 7.71. The Labute approximate surface area is 134 Å². The van der Waals surface area contributed by atoms with Crippen LogP contribution in [0.4, 0.5) is 0 Å². The summed E-state index contributed by atoms with van der Waals surface area (Å²) in [4.78, 5) is 24.0. The summed E-state index contributed by atoms with van der Waals surface area (Å²) in [5.74, 6) is 0.993. The summed E-state index contributed by atoms with van der Waals surface area (Å²) in [6, 6.07) is 0.156. The third-order valence-corrected chi connectivity index (χ3v) is 5.18. The summed E-state index contributed by atoms with van der Waals surface area (Å²) in [6.07, 6.45) is 4.40. The van der Waals surface area contributed by atoms with Crippen LogP contribution in [-0.2, 0) is 9.59 Å². The molecular formula is C17H31NO2S. The molecule has 1 unspecified atom stereocenters. The van der Waals surface area contributed by atoms with Gasteiger partial charge in [-0.2, -0.15) is 11.8 Å². The van der Waals surface area contributed by atoms with E-state index in [1.54, 1.807) is 11.8 Å². The fourth-order valence-corrected chi connectivity index (χ4v) is 3.07. The molecule has 21 heavy (non-hydrogen) atoms. The normalized spacial score (nSPS) is 15.2. The standard InChI is InChI=1S/C17H31NO2S/c1-8-9-13(4)15(19)10-11-21-17(6,7)14(5)16(20)18-12(2)3/h8-9,12-14H,10-11H2,1-7H3,(H,18,20)/b9-8-/t13-,14?/m1/s1. The second-order valence-corrected chi connectivity index (χ2v) is 8.12. The van der Waals surface area contributed by atoms with Gasteiger partial charge in [-0.25, -0.2) is 0 Å². The Morgan fingerprint density at radius 2 is 1.76 bits per heavy atom. The molecular weight excluding hydrogens is 282 g/mol. The summed E-state index contributed by atoms with van der Waals surface area (Å²) in [5, 5.41) is 2.95. The molecule has 0 saturated heterocycles. The number of nitrogens with one attached hydrogen (secondary N) is 1. The van der Waals surface area contributed by atoms with Crippen molar-refractivity contribution >= 4 is 23.5 Å². The van der Waals surface area contributed by atoms with E-state index in [2.05, 4.69) is 19.2 Å². The SMILES string of the molecule is C/C=C\[C@@H](C)C(=O)CCSC(C)(C)C(C)C(=O)NC(C)C. The Kier molecular flexibility index (Phi) is 8.95. The average Bonchev–Trinajstić information content (AvgIpc) is 2.36. The monoisotopic (exact) mass is 313 g/mol. The molecule has 0 radical (unpaired) electrons. The van der Waals surface area contributed by atoms with E-state index >= 15 is 0 Å². The quantitative estimate of drug-likeness (QED) is 0.658. The molecule has 3 nitrogen and oxygen atoms in total. The maximum Gasteiger partial charge on any atom is 0.224 e. The third kappa shape index (κ3) is 7.70. The van der Waals surface area contributed by atoms with E-state index in [0.717, 1.165) is 5.75 Å². The third-order valence-electron chi connectivity index (χ3n) is 3.68. The highest BCUT2D eigenvalue weighted by Gasteiger charge is 2.32. The minimum absolute atomic E-state index is 0.0135. The van der Waals surface area contributed by atoms with E-state index in [-0.39, 0.29) is 34.3 Å². The van der Waals surface area contributed by atoms with Crippen molar-refractivity contribution in [2.75, 3.05) is 5.75 Å². The van der Waals surface area contributed by atoms with E-state index in [0.29, 0.717) is 6.42 Å². The van der Waals surface area contributed by atoms with Crippen molar-refractivity contribution < 1.29 is 9.59 Å². The number of hydrogen-bond acceptors (Lipinski definition) is 3. The highest BCUT2D eigenvalue weighted by Crippen LogP contribution is 2.33. The van der Waals surface area contributed by atoms with Crippen molar-refractivity contribution in [3.05, 3.63) is 12.2 Å². The number of amides is 1. The number of Topliss-reactive ketones (excluding diaryl/α,β-unsaturated/α-hetero) is 1. The van der Waals surface area contributed by atoms with Gasteiger partial charge in [-0.05, 0) is 34.6 Å². The molecule has 1 N–H and O–H groups in total. The number of thioether (sulfide) groups is 1. The lowest BCUT2D eigenvalue weighted by Gasteiger charge is -2.31. The lowest BCUT2D eigenvalue weighted by Crippen LogP contribution is -2.42. The van der Waals surface area contributed by atoms with Gasteiger partial charge in [0.2, 0.25) is 5.91 Å². The van der Waals surface area contributed by atoms with Crippen molar-refractivity contribution in [2.24, 2.45) is 11.8 Å². The van der Waals surface area contributed by atoms with Gasteiger partial charge in [-0.3, -0.25) is 9.59 Å². The molecule has 0 aromatic heterocycles. The molecule has 0 aromatic rings. The summed E-state index contributed by atoms with van der Waals surface area (Å²) < 4.78 is -0.177. The van der Waals surface area contributed by atoms with Crippen LogP contribution in [0.25, 0.3) is 0 Å². The first-order valence-corrected chi connectivity index (χ1v) is 8.70. The number of ketones is 1. The van der Waals surface area contributed by atoms with Crippen molar-refractivity contribution in [1.82, 2.24) is 5.32 Å². The Hall–Kier alpha value is -0.770. The van der Waals surface area contributed by atoms with Crippen LogP contribution in [0, 0.1) is 11.8 Å². The first kappa shape index (κ1) is 20.2. The van der Waals surface area contributed by atoms with Gasteiger partial charge in [0.25, 0.3) is 0 Å². The molecule has 1 amide bonds. The van der Waals surface area contributed by atoms with Gasteiger partial charge in [0, 0.05) is 34.8 Å². The lowest BCUT2D eigenvalue weighted by molar-refractivity contribution is -0.125. The van der Waals surface area contributed by atoms with E-state index in [1.807, 2.05) is 46.8 Å². The maximum absolute atomic E-state index is 12.1. The van der Waals surface area contributed by atoms with Gasteiger partial charge in [0.15, 0.2) is 0 Å². The molecule has 0 spiro atoms. The lowest BCUT2D eigenvalue weighted by atomic mass is 9.96. The summed E-state index contributed by atoms with van der Waals surface area (Å²) in [7, 11) is 0. The maximum atomic E-state index is 12.1. The fraction of sp³-hybridized carbons (Fsp3) is 0.765. The van der Waals surface area contributed by atoms with E-state index in [9.17, 15) is 9.59 Å². The predicted octanol–water partition coefficient (Wildman–Crippen LogP) is 3.83. The second kappa shape index (κ2) is 9.29. The average molecular weight is 314 g/mol. The molecule has 0 aliphatic heterocycles. The largest absolute Gasteiger partial charge is 0.354 e. The van der Waals surface area contributed by atoms with Crippen LogP contribution in [0.15, 0.2) is 12.2 Å². The second-order valence-electron chi connectivity index (χ2n) is 6.37. The van der Waals surface area contributed by atoms with Crippen LogP contribution in [-0.4, -0.2) is 28.2 Å². The Bertz CT molecular complexity index is 375. The summed E-state index contributed by atoms with van der Waals surface area (Å²) in [5.41, 5.74) is 0. The molecule has 2 atom stereocenters. The van der Waals surface area contributed by atoms with Gasteiger partial charge in [-0.15, -0.1) is 0 Å². The molecule has 0 bridgehead atoms.